The maximum absolute atomic E-state index is 5.91. The molecular formula is C21H34N4O2. The number of hydrogen-bond acceptors (Lipinski definition) is 4. The third-order valence-electron chi connectivity index (χ3n) is 4.96. The molecule has 6 nitrogen and oxygen atoms in total. The summed E-state index contributed by atoms with van der Waals surface area (Å²) in [5, 5.41) is 6.65. The Morgan fingerprint density at radius 1 is 1.19 bits per heavy atom. The van der Waals surface area contributed by atoms with Gasteiger partial charge in [-0.2, -0.15) is 0 Å². The van der Waals surface area contributed by atoms with Crippen molar-refractivity contribution in [2.75, 3.05) is 26.3 Å². The Bertz CT molecular complexity index is 566. The highest BCUT2D eigenvalue weighted by molar-refractivity contribution is 5.79. The molecule has 3 rings (SSSR count). The van der Waals surface area contributed by atoms with Gasteiger partial charge in [0.05, 0.1) is 6.54 Å². The Hall–Kier alpha value is -1.82. The van der Waals surface area contributed by atoms with E-state index in [9.17, 15) is 0 Å². The first-order chi connectivity index (χ1) is 13.3. The average Bonchev–Trinajstić information content (AvgIpc) is 3.37. The van der Waals surface area contributed by atoms with Crippen LogP contribution in [0.4, 0.5) is 0 Å². The topological polar surface area (TPSA) is 67.8 Å². The minimum Gasteiger partial charge on any atom is -0.474 e. The smallest absolute Gasteiger partial charge is 0.213 e. The lowest BCUT2D eigenvalue weighted by atomic mass is 10.3. The van der Waals surface area contributed by atoms with Crippen LogP contribution in [-0.2, 0) is 11.3 Å². The molecule has 0 radical (unpaired) electrons. The van der Waals surface area contributed by atoms with Crippen LogP contribution in [0.3, 0.4) is 0 Å². The Morgan fingerprint density at radius 3 is 2.74 bits per heavy atom. The van der Waals surface area contributed by atoms with E-state index < -0.39 is 0 Å². The van der Waals surface area contributed by atoms with E-state index in [1.807, 2.05) is 12.3 Å². The number of nitrogens with zero attached hydrogens (tertiary/aromatic N) is 2. The predicted molar refractivity (Wildman–Crippen MR) is 108 cm³/mol. The fourth-order valence-corrected chi connectivity index (χ4v) is 3.18. The van der Waals surface area contributed by atoms with Crippen molar-refractivity contribution < 1.29 is 9.47 Å². The quantitative estimate of drug-likeness (QED) is 0.353. The molecule has 0 aromatic carbocycles. The van der Waals surface area contributed by atoms with Crippen LogP contribution in [0, 0.1) is 5.92 Å². The Kier molecular flexibility index (Phi) is 8.21. The number of aromatic nitrogens is 1. The lowest BCUT2D eigenvalue weighted by Gasteiger charge is -2.12. The van der Waals surface area contributed by atoms with Gasteiger partial charge in [0.15, 0.2) is 5.96 Å². The predicted octanol–water partition coefficient (Wildman–Crippen LogP) is 3.27. The summed E-state index contributed by atoms with van der Waals surface area (Å²) in [4.78, 5) is 9.08. The number of nitrogens with one attached hydrogen (secondary N) is 2. The van der Waals surface area contributed by atoms with Crippen LogP contribution in [-0.4, -0.2) is 43.4 Å². The van der Waals surface area contributed by atoms with Gasteiger partial charge in [0.1, 0.15) is 6.10 Å². The molecular weight excluding hydrogens is 340 g/mol. The summed E-state index contributed by atoms with van der Waals surface area (Å²) in [6.45, 7) is 6.13. The molecule has 0 amide bonds. The highest BCUT2D eigenvalue weighted by Crippen LogP contribution is 2.28. The Morgan fingerprint density at radius 2 is 2.04 bits per heavy atom. The molecule has 150 valence electrons. The molecule has 2 aliphatic rings. The van der Waals surface area contributed by atoms with Gasteiger partial charge in [-0.1, -0.05) is 6.07 Å². The summed E-state index contributed by atoms with van der Waals surface area (Å²) in [6, 6.07) is 4.01. The lowest BCUT2D eigenvalue weighted by molar-refractivity contribution is 0.123. The van der Waals surface area contributed by atoms with Crippen LogP contribution in [0.2, 0.25) is 0 Å². The summed E-state index contributed by atoms with van der Waals surface area (Å²) in [6.07, 6.45) is 10.7. The van der Waals surface area contributed by atoms with Gasteiger partial charge in [0, 0.05) is 38.6 Å². The molecule has 0 saturated heterocycles. The monoisotopic (exact) mass is 374 g/mol. The highest BCUT2D eigenvalue weighted by atomic mass is 16.5. The molecule has 6 heteroatoms. The number of aliphatic imine (C=N–C) groups is 1. The maximum Gasteiger partial charge on any atom is 0.213 e. The minimum absolute atomic E-state index is 0.346. The molecule has 1 aromatic heterocycles. The van der Waals surface area contributed by atoms with E-state index in [-0.39, 0.29) is 0 Å². The van der Waals surface area contributed by atoms with Crippen LogP contribution in [0.25, 0.3) is 0 Å². The van der Waals surface area contributed by atoms with Crippen LogP contribution in [0.1, 0.15) is 57.4 Å². The number of rotatable bonds is 11. The van der Waals surface area contributed by atoms with Gasteiger partial charge >= 0.3 is 0 Å². The van der Waals surface area contributed by atoms with E-state index in [2.05, 4.69) is 33.6 Å². The van der Waals surface area contributed by atoms with Crippen LogP contribution < -0.4 is 15.4 Å². The van der Waals surface area contributed by atoms with E-state index in [1.165, 1.54) is 25.7 Å². The Labute approximate surface area is 163 Å². The number of guanidine groups is 1. The molecule has 2 N–H and O–H groups in total. The normalized spacial score (nSPS) is 17.9. The highest BCUT2D eigenvalue weighted by Gasteiger charge is 2.20. The van der Waals surface area contributed by atoms with E-state index >= 15 is 0 Å². The second-order valence-corrected chi connectivity index (χ2v) is 7.52. The fraction of sp³-hybridized carbons (Fsp3) is 0.714. The molecule has 0 atom stereocenters. The third-order valence-corrected chi connectivity index (χ3v) is 4.96. The lowest BCUT2D eigenvalue weighted by Crippen LogP contribution is -2.38. The fourth-order valence-electron chi connectivity index (χ4n) is 3.18. The van der Waals surface area contributed by atoms with Crippen molar-refractivity contribution in [1.29, 1.82) is 0 Å². The van der Waals surface area contributed by atoms with Crippen molar-refractivity contribution in [1.82, 2.24) is 15.6 Å². The molecule has 0 unspecified atom stereocenters. The molecule has 1 aromatic rings. The second kappa shape index (κ2) is 11.1. The van der Waals surface area contributed by atoms with Crippen molar-refractivity contribution in [2.24, 2.45) is 10.9 Å². The Balaban J connectivity index is 1.37. The molecule has 0 bridgehead atoms. The van der Waals surface area contributed by atoms with Gasteiger partial charge < -0.3 is 20.1 Å². The van der Waals surface area contributed by atoms with E-state index in [0.717, 1.165) is 68.9 Å². The van der Waals surface area contributed by atoms with Gasteiger partial charge in [0.25, 0.3) is 0 Å². The summed E-state index contributed by atoms with van der Waals surface area (Å²) in [5.74, 6) is 2.40. The van der Waals surface area contributed by atoms with Crippen molar-refractivity contribution in [3.63, 3.8) is 0 Å². The first kappa shape index (κ1) is 19.9. The molecule has 1 heterocycles. The summed E-state index contributed by atoms with van der Waals surface area (Å²) in [7, 11) is 0. The zero-order chi connectivity index (χ0) is 18.7. The van der Waals surface area contributed by atoms with Crippen LogP contribution >= 0.6 is 0 Å². The minimum atomic E-state index is 0.346. The number of ether oxygens (including phenoxy) is 2. The maximum atomic E-state index is 5.91. The number of hydrogen-bond donors (Lipinski definition) is 2. The van der Waals surface area contributed by atoms with Crippen molar-refractivity contribution >= 4 is 5.96 Å². The first-order valence-corrected chi connectivity index (χ1v) is 10.5. The molecule has 0 aliphatic heterocycles. The summed E-state index contributed by atoms with van der Waals surface area (Å²) < 4.78 is 11.6. The zero-order valence-electron chi connectivity index (χ0n) is 16.6. The largest absolute Gasteiger partial charge is 0.474 e. The van der Waals surface area contributed by atoms with Gasteiger partial charge in [-0.3, -0.25) is 0 Å². The molecule has 2 aliphatic carbocycles. The molecule has 2 fully saturated rings. The van der Waals surface area contributed by atoms with E-state index in [1.54, 1.807) is 0 Å². The van der Waals surface area contributed by atoms with E-state index in [0.29, 0.717) is 12.6 Å². The summed E-state index contributed by atoms with van der Waals surface area (Å²) >= 11 is 0. The van der Waals surface area contributed by atoms with Crippen molar-refractivity contribution in [2.45, 2.75) is 64.5 Å². The van der Waals surface area contributed by atoms with Gasteiger partial charge in [-0.25, -0.2) is 9.98 Å². The van der Waals surface area contributed by atoms with Crippen molar-refractivity contribution in [3.8, 4) is 5.88 Å². The number of pyridine rings is 1. The molecule has 27 heavy (non-hydrogen) atoms. The van der Waals surface area contributed by atoms with Crippen LogP contribution in [0.15, 0.2) is 23.3 Å². The van der Waals surface area contributed by atoms with Gasteiger partial charge in [-0.05, 0) is 63.4 Å². The summed E-state index contributed by atoms with van der Waals surface area (Å²) in [5.41, 5.74) is 1.08. The zero-order valence-corrected chi connectivity index (χ0v) is 16.6. The van der Waals surface area contributed by atoms with Gasteiger partial charge in [0.2, 0.25) is 5.88 Å². The van der Waals surface area contributed by atoms with Gasteiger partial charge in [-0.15, -0.1) is 0 Å². The third kappa shape index (κ3) is 7.75. The van der Waals surface area contributed by atoms with Crippen molar-refractivity contribution in [3.05, 3.63) is 23.9 Å². The molecule has 0 spiro atoms. The SMILES string of the molecule is CCNC(=NCc1ccc(OC2CCCC2)nc1)NCCCOCC1CC1. The van der Waals surface area contributed by atoms with E-state index in [4.69, 9.17) is 9.47 Å². The second-order valence-electron chi connectivity index (χ2n) is 7.52. The standard InChI is InChI=1S/C21H34N4O2/c1-2-22-21(23-12-5-13-26-16-17-8-9-17)25-15-18-10-11-20(24-14-18)27-19-6-3-4-7-19/h10-11,14,17,19H,2-9,12-13,15-16H2,1H3,(H2,22,23,25). The average molecular weight is 375 g/mol. The van der Waals surface area contributed by atoms with Crippen LogP contribution in [0.5, 0.6) is 5.88 Å². The molecule has 2 saturated carbocycles. The first-order valence-electron chi connectivity index (χ1n) is 10.5.